The summed E-state index contributed by atoms with van der Waals surface area (Å²) in [5.74, 6) is -3.38. The van der Waals surface area contributed by atoms with Gasteiger partial charge in [-0.1, -0.05) is 13.3 Å². The van der Waals surface area contributed by atoms with Crippen LogP contribution in [-0.2, 0) is 14.4 Å². The molecule has 0 atom stereocenters. The first-order chi connectivity index (χ1) is 11.4. The highest BCUT2D eigenvalue weighted by atomic mass is 32.1. The number of thiophene rings is 1. The third-order valence-corrected chi connectivity index (χ3v) is 4.19. The molecule has 0 spiro atoms. The number of carbonyl (C=O) groups excluding carboxylic acids is 5. The Hall–Kier alpha value is -2.75. The zero-order valence-corrected chi connectivity index (χ0v) is 13.7. The van der Waals surface area contributed by atoms with Gasteiger partial charge in [0.05, 0.1) is 5.56 Å². The number of primary amides is 1. The summed E-state index contributed by atoms with van der Waals surface area (Å²) in [4.78, 5) is 60.4. The van der Waals surface area contributed by atoms with Crippen molar-refractivity contribution in [2.45, 2.75) is 19.8 Å². The maximum absolute atomic E-state index is 12.1. The van der Waals surface area contributed by atoms with Gasteiger partial charge in [-0.2, -0.15) is 0 Å². The third-order valence-electron chi connectivity index (χ3n) is 3.36. The van der Waals surface area contributed by atoms with E-state index < -0.39 is 36.2 Å². The van der Waals surface area contributed by atoms with E-state index in [9.17, 15) is 24.0 Å². The van der Waals surface area contributed by atoms with E-state index >= 15 is 0 Å². The molecule has 1 aromatic rings. The number of carbonyl (C=O) groups is 5. The Labute approximate surface area is 141 Å². The van der Waals surface area contributed by atoms with Crippen LogP contribution in [0.25, 0.3) is 0 Å². The van der Waals surface area contributed by atoms with E-state index in [-0.39, 0.29) is 17.1 Å². The average molecular weight is 352 g/mol. The van der Waals surface area contributed by atoms with Gasteiger partial charge in [0.15, 0.2) is 0 Å². The first-order valence-electron chi connectivity index (χ1n) is 7.21. The smallest absolute Gasteiger partial charge is 0.334 e. The monoisotopic (exact) mass is 352 g/mol. The number of unbranched alkanes of at least 4 members (excludes halogenated alkanes) is 1. The lowest BCUT2D eigenvalue weighted by molar-refractivity contribution is -0.143. The largest absolute Gasteiger partial charge is 0.366 e. The molecule has 24 heavy (non-hydrogen) atoms. The maximum atomic E-state index is 12.1. The lowest BCUT2D eigenvalue weighted by atomic mass is 10.3. The van der Waals surface area contributed by atoms with Gasteiger partial charge < -0.3 is 11.1 Å². The van der Waals surface area contributed by atoms with E-state index in [1.54, 1.807) is 5.38 Å². The number of rotatable bonds is 7. The van der Waals surface area contributed by atoms with Crippen molar-refractivity contribution in [1.29, 1.82) is 0 Å². The number of anilines is 1. The minimum absolute atomic E-state index is 0.132. The molecule has 6 amide bonds. The summed E-state index contributed by atoms with van der Waals surface area (Å²) in [5.41, 5.74) is 5.30. The molecule has 9 nitrogen and oxygen atoms in total. The molecule has 0 saturated carbocycles. The van der Waals surface area contributed by atoms with Crippen molar-refractivity contribution in [2.24, 2.45) is 5.73 Å². The molecule has 1 fully saturated rings. The van der Waals surface area contributed by atoms with Crippen LogP contribution in [0.2, 0.25) is 0 Å². The van der Waals surface area contributed by atoms with Gasteiger partial charge in [-0.3, -0.25) is 24.1 Å². The first kappa shape index (κ1) is 17.6. The molecule has 128 valence electrons. The molecule has 0 aromatic carbocycles. The molecule has 2 heterocycles. The lowest BCUT2D eigenvalue weighted by Crippen LogP contribution is -2.39. The molecule has 2 rings (SSSR count). The van der Waals surface area contributed by atoms with E-state index in [0.29, 0.717) is 11.3 Å². The Bertz CT molecular complexity index is 714. The average Bonchev–Trinajstić information content (AvgIpc) is 3.06. The fourth-order valence-corrected chi connectivity index (χ4v) is 2.92. The number of amides is 6. The minimum Gasteiger partial charge on any atom is -0.366 e. The predicted molar refractivity (Wildman–Crippen MR) is 85.2 cm³/mol. The maximum Gasteiger partial charge on any atom is 0.334 e. The Morgan fingerprint density at radius 1 is 1.21 bits per heavy atom. The van der Waals surface area contributed by atoms with E-state index in [1.807, 2.05) is 6.92 Å². The van der Waals surface area contributed by atoms with Crippen LogP contribution in [-0.4, -0.2) is 52.5 Å². The molecular formula is C14H16N4O5S. The highest BCUT2D eigenvalue weighted by molar-refractivity contribution is 7.14. The summed E-state index contributed by atoms with van der Waals surface area (Å²) in [6.45, 7) is 1.41. The zero-order valence-electron chi connectivity index (χ0n) is 12.9. The molecular weight excluding hydrogens is 336 g/mol. The number of nitrogens with two attached hydrogens (primary N) is 1. The molecule has 10 heteroatoms. The van der Waals surface area contributed by atoms with Gasteiger partial charge in [0.1, 0.15) is 11.5 Å². The highest BCUT2D eigenvalue weighted by Crippen LogP contribution is 2.23. The number of imide groups is 2. The van der Waals surface area contributed by atoms with E-state index in [1.165, 1.54) is 6.07 Å². The second-order valence-corrected chi connectivity index (χ2v) is 5.98. The van der Waals surface area contributed by atoms with Crippen molar-refractivity contribution in [3.8, 4) is 0 Å². The first-order valence-corrected chi connectivity index (χ1v) is 8.09. The number of nitrogens with one attached hydrogen (secondary N) is 1. The van der Waals surface area contributed by atoms with Gasteiger partial charge in [-0.25, -0.2) is 9.69 Å². The summed E-state index contributed by atoms with van der Waals surface area (Å²) in [6, 6.07) is 0.639. The van der Waals surface area contributed by atoms with Crippen LogP contribution in [0.1, 0.15) is 30.1 Å². The second-order valence-electron chi connectivity index (χ2n) is 5.06. The standard InChI is InChI=1S/C14H16N4O5S/c1-2-3-5-17-12(21)13(22)18(14(17)23)7-9(19)16-11-8(10(15)20)4-6-24-11/h4,6H,2-3,5,7H2,1H3,(H2,15,20)(H,16,19). The fourth-order valence-electron chi connectivity index (χ4n) is 2.11. The lowest BCUT2D eigenvalue weighted by Gasteiger charge is -2.14. The van der Waals surface area contributed by atoms with Crippen molar-refractivity contribution in [1.82, 2.24) is 9.80 Å². The van der Waals surface area contributed by atoms with E-state index in [2.05, 4.69) is 5.32 Å². The van der Waals surface area contributed by atoms with Crippen molar-refractivity contribution < 1.29 is 24.0 Å². The van der Waals surface area contributed by atoms with Crippen LogP contribution in [0.15, 0.2) is 11.4 Å². The summed E-state index contributed by atoms with van der Waals surface area (Å²) >= 11 is 1.08. The van der Waals surface area contributed by atoms with Crippen LogP contribution >= 0.6 is 11.3 Å². The van der Waals surface area contributed by atoms with Gasteiger partial charge in [0, 0.05) is 6.54 Å². The van der Waals surface area contributed by atoms with E-state index in [0.717, 1.165) is 22.7 Å². The Morgan fingerprint density at radius 2 is 1.88 bits per heavy atom. The molecule has 0 bridgehead atoms. The summed E-state index contributed by atoms with van der Waals surface area (Å²) in [7, 11) is 0. The minimum atomic E-state index is -1.03. The third kappa shape index (κ3) is 3.43. The number of nitrogens with zero attached hydrogens (tertiary/aromatic N) is 2. The number of hydrogen-bond acceptors (Lipinski definition) is 6. The molecule has 1 aromatic heterocycles. The van der Waals surface area contributed by atoms with Crippen LogP contribution in [0.4, 0.5) is 9.80 Å². The highest BCUT2D eigenvalue weighted by Gasteiger charge is 2.44. The van der Waals surface area contributed by atoms with Crippen molar-refractivity contribution in [3.63, 3.8) is 0 Å². The quantitative estimate of drug-likeness (QED) is 0.541. The van der Waals surface area contributed by atoms with Gasteiger partial charge in [-0.15, -0.1) is 11.3 Å². The molecule has 3 N–H and O–H groups in total. The van der Waals surface area contributed by atoms with Crippen LogP contribution in [0, 0.1) is 0 Å². The van der Waals surface area contributed by atoms with Crippen LogP contribution in [0.3, 0.4) is 0 Å². The molecule has 0 unspecified atom stereocenters. The second kappa shape index (κ2) is 7.21. The number of urea groups is 1. The van der Waals surface area contributed by atoms with Crippen molar-refractivity contribution >= 4 is 46.0 Å². The Balaban J connectivity index is 2.04. The van der Waals surface area contributed by atoms with Crippen molar-refractivity contribution in [2.75, 3.05) is 18.4 Å². The molecule has 1 saturated heterocycles. The SMILES string of the molecule is CCCCN1C(=O)C(=O)N(CC(=O)Nc2sccc2C(N)=O)C1=O. The molecule has 1 aliphatic rings. The Morgan fingerprint density at radius 3 is 2.50 bits per heavy atom. The normalized spacial score (nSPS) is 14.5. The summed E-state index contributed by atoms with van der Waals surface area (Å²) in [5, 5.41) is 4.21. The van der Waals surface area contributed by atoms with Crippen molar-refractivity contribution in [3.05, 3.63) is 17.0 Å². The topological polar surface area (TPSA) is 130 Å². The fraction of sp³-hybridized carbons (Fsp3) is 0.357. The molecule has 0 aliphatic carbocycles. The van der Waals surface area contributed by atoms with Crippen LogP contribution < -0.4 is 11.1 Å². The van der Waals surface area contributed by atoms with Gasteiger partial charge in [0.2, 0.25) is 5.91 Å². The molecule has 1 aliphatic heterocycles. The van der Waals surface area contributed by atoms with E-state index in [4.69, 9.17) is 5.73 Å². The van der Waals surface area contributed by atoms with Gasteiger partial charge in [0.25, 0.3) is 5.91 Å². The van der Waals surface area contributed by atoms with Gasteiger partial charge in [-0.05, 0) is 17.9 Å². The number of hydrogen-bond donors (Lipinski definition) is 2. The molecule has 0 radical (unpaired) electrons. The zero-order chi connectivity index (χ0) is 17.9. The Kier molecular flexibility index (Phi) is 5.29. The van der Waals surface area contributed by atoms with Gasteiger partial charge >= 0.3 is 17.8 Å². The summed E-state index contributed by atoms with van der Waals surface area (Å²) in [6.07, 6.45) is 1.32. The summed E-state index contributed by atoms with van der Waals surface area (Å²) < 4.78 is 0. The van der Waals surface area contributed by atoms with Crippen LogP contribution in [0.5, 0.6) is 0 Å². The predicted octanol–water partition coefficient (Wildman–Crippen LogP) is 0.376.